The van der Waals surface area contributed by atoms with Gasteiger partial charge in [-0.1, -0.05) is 51.2 Å². The highest BCUT2D eigenvalue weighted by Gasteiger charge is 2.18. The third-order valence-electron chi connectivity index (χ3n) is 3.84. The molecule has 0 aliphatic rings. The molecular formula is C17H28O2. The number of benzene rings is 1. The Kier molecular flexibility index (Phi) is 6.93. The molecule has 0 bridgehead atoms. The second-order valence-corrected chi connectivity index (χ2v) is 5.41. The van der Waals surface area contributed by atoms with Crippen molar-refractivity contribution in [2.24, 2.45) is 5.92 Å². The molecule has 1 rings (SSSR count). The normalized spacial score (nSPS) is 14.2. The van der Waals surface area contributed by atoms with Crippen molar-refractivity contribution in [3.8, 4) is 5.75 Å². The van der Waals surface area contributed by atoms with Gasteiger partial charge in [0.2, 0.25) is 0 Å². The number of hydrogen-bond acceptors (Lipinski definition) is 2. The Balaban J connectivity index is 2.75. The summed E-state index contributed by atoms with van der Waals surface area (Å²) in [4.78, 5) is 0. The van der Waals surface area contributed by atoms with Crippen molar-refractivity contribution in [3.63, 3.8) is 0 Å². The standard InChI is InChI=1S/C17H28O2/c1-5-7-8-14(6-2)12-16(18)15-11-13(3)9-10-17(15)19-4/h9-11,14,16,18H,5-8,12H2,1-4H3. The van der Waals surface area contributed by atoms with Crippen LogP contribution in [0.5, 0.6) is 5.75 Å². The number of rotatable bonds is 8. The summed E-state index contributed by atoms with van der Waals surface area (Å²) in [5.74, 6) is 1.39. The molecule has 0 fully saturated rings. The van der Waals surface area contributed by atoms with E-state index in [-0.39, 0.29) is 0 Å². The highest BCUT2D eigenvalue weighted by molar-refractivity contribution is 5.38. The molecule has 2 atom stereocenters. The topological polar surface area (TPSA) is 29.5 Å². The summed E-state index contributed by atoms with van der Waals surface area (Å²) in [5.41, 5.74) is 2.09. The minimum Gasteiger partial charge on any atom is -0.496 e. The zero-order valence-corrected chi connectivity index (χ0v) is 12.8. The van der Waals surface area contributed by atoms with E-state index in [9.17, 15) is 5.11 Å². The van der Waals surface area contributed by atoms with Crippen LogP contribution in [0.15, 0.2) is 18.2 Å². The average Bonchev–Trinajstić information content (AvgIpc) is 2.43. The van der Waals surface area contributed by atoms with E-state index in [1.165, 1.54) is 19.3 Å². The summed E-state index contributed by atoms with van der Waals surface area (Å²) < 4.78 is 5.36. The molecule has 2 nitrogen and oxygen atoms in total. The van der Waals surface area contributed by atoms with Crippen LogP contribution in [0, 0.1) is 12.8 Å². The number of ether oxygens (including phenoxy) is 1. The van der Waals surface area contributed by atoms with E-state index >= 15 is 0 Å². The first kappa shape index (κ1) is 16.0. The minimum atomic E-state index is -0.420. The fourth-order valence-corrected chi connectivity index (χ4v) is 2.54. The molecule has 0 amide bonds. The summed E-state index contributed by atoms with van der Waals surface area (Å²) in [6.45, 7) is 6.47. The van der Waals surface area contributed by atoms with Crippen LogP contribution in [0.1, 0.15) is 63.2 Å². The van der Waals surface area contributed by atoms with Crippen LogP contribution < -0.4 is 4.74 Å². The quantitative estimate of drug-likeness (QED) is 0.741. The van der Waals surface area contributed by atoms with Crippen molar-refractivity contribution in [2.75, 3.05) is 7.11 Å². The van der Waals surface area contributed by atoms with E-state index in [0.717, 1.165) is 29.7 Å². The van der Waals surface area contributed by atoms with E-state index in [1.54, 1.807) is 7.11 Å². The molecule has 0 aliphatic carbocycles. The predicted octanol–water partition coefficient (Wildman–Crippen LogP) is 4.64. The fraction of sp³-hybridized carbons (Fsp3) is 0.647. The van der Waals surface area contributed by atoms with E-state index in [4.69, 9.17) is 4.74 Å². The lowest BCUT2D eigenvalue weighted by atomic mass is 9.90. The largest absolute Gasteiger partial charge is 0.496 e. The van der Waals surface area contributed by atoms with E-state index in [1.807, 2.05) is 25.1 Å². The van der Waals surface area contributed by atoms with Crippen LogP contribution in [0.4, 0.5) is 0 Å². The van der Waals surface area contributed by atoms with E-state index < -0.39 is 6.10 Å². The Labute approximate surface area is 117 Å². The Bertz CT molecular complexity index is 374. The van der Waals surface area contributed by atoms with Gasteiger partial charge in [0.1, 0.15) is 5.75 Å². The van der Waals surface area contributed by atoms with Crippen LogP contribution in [0.25, 0.3) is 0 Å². The summed E-state index contributed by atoms with van der Waals surface area (Å²) in [5, 5.41) is 10.5. The first-order chi connectivity index (χ1) is 9.12. The van der Waals surface area contributed by atoms with Gasteiger partial charge in [-0.2, -0.15) is 0 Å². The summed E-state index contributed by atoms with van der Waals surface area (Å²) in [6.07, 6.45) is 5.22. The third kappa shape index (κ3) is 4.87. The lowest BCUT2D eigenvalue weighted by molar-refractivity contribution is 0.136. The molecule has 0 saturated carbocycles. The van der Waals surface area contributed by atoms with Gasteiger partial charge in [0, 0.05) is 5.56 Å². The molecule has 2 unspecified atom stereocenters. The number of methoxy groups -OCH3 is 1. The predicted molar refractivity (Wildman–Crippen MR) is 80.6 cm³/mol. The van der Waals surface area contributed by atoms with Crippen molar-refractivity contribution in [3.05, 3.63) is 29.3 Å². The lowest BCUT2D eigenvalue weighted by Crippen LogP contribution is -2.08. The summed E-state index contributed by atoms with van der Waals surface area (Å²) >= 11 is 0. The maximum absolute atomic E-state index is 10.5. The zero-order valence-electron chi connectivity index (χ0n) is 12.8. The molecule has 2 heteroatoms. The Morgan fingerprint density at radius 2 is 2.00 bits per heavy atom. The molecule has 108 valence electrons. The second-order valence-electron chi connectivity index (χ2n) is 5.41. The maximum Gasteiger partial charge on any atom is 0.124 e. The molecule has 0 heterocycles. The summed E-state index contributed by atoms with van der Waals surface area (Å²) in [7, 11) is 1.66. The highest BCUT2D eigenvalue weighted by atomic mass is 16.5. The maximum atomic E-state index is 10.5. The Hall–Kier alpha value is -1.02. The van der Waals surface area contributed by atoms with Crippen molar-refractivity contribution in [1.29, 1.82) is 0 Å². The van der Waals surface area contributed by atoms with Gasteiger partial charge >= 0.3 is 0 Å². The van der Waals surface area contributed by atoms with Crippen molar-refractivity contribution >= 4 is 0 Å². The monoisotopic (exact) mass is 264 g/mol. The van der Waals surface area contributed by atoms with Gasteiger partial charge in [-0.25, -0.2) is 0 Å². The smallest absolute Gasteiger partial charge is 0.124 e. The van der Waals surface area contributed by atoms with Crippen molar-refractivity contribution in [2.45, 2.75) is 59.0 Å². The average molecular weight is 264 g/mol. The molecule has 0 saturated heterocycles. The first-order valence-electron chi connectivity index (χ1n) is 7.44. The molecule has 0 spiro atoms. The molecule has 0 aliphatic heterocycles. The third-order valence-corrected chi connectivity index (χ3v) is 3.84. The highest BCUT2D eigenvalue weighted by Crippen LogP contribution is 2.32. The Morgan fingerprint density at radius 1 is 1.26 bits per heavy atom. The zero-order chi connectivity index (χ0) is 14.3. The SMILES string of the molecule is CCCCC(CC)CC(O)c1cc(C)ccc1OC. The number of aliphatic hydroxyl groups is 1. The van der Waals surface area contributed by atoms with Gasteiger partial charge in [-0.15, -0.1) is 0 Å². The van der Waals surface area contributed by atoms with Crippen LogP contribution >= 0.6 is 0 Å². The number of unbranched alkanes of at least 4 members (excludes halogenated alkanes) is 1. The second kappa shape index (κ2) is 8.21. The number of aryl methyl sites for hydroxylation is 1. The van der Waals surface area contributed by atoms with E-state index in [2.05, 4.69) is 13.8 Å². The lowest BCUT2D eigenvalue weighted by Gasteiger charge is -2.21. The molecule has 0 aromatic heterocycles. The number of aliphatic hydroxyl groups excluding tert-OH is 1. The fourth-order valence-electron chi connectivity index (χ4n) is 2.54. The van der Waals surface area contributed by atoms with Crippen LogP contribution in [0.2, 0.25) is 0 Å². The van der Waals surface area contributed by atoms with Crippen LogP contribution in [-0.2, 0) is 0 Å². The molecule has 19 heavy (non-hydrogen) atoms. The summed E-state index contributed by atoms with van der Waals surface area (Å²) in [6, 6.07) is 6.00. The van der Waals surface area contributed by atoms with Gasteiger partial charge in [-0.05, 0) is 31.4 Å². The molecule has 0 radical (unpaired) electrons. The van der Waals surface area contributed by atoms with Gasteiger partial charge in [-0.3, -0.25) is 0 Å². The molecular weight excluding hydrogens is 236 g/mol. The van der Waals surface area contributed by atoms with Crippen molar-refractivity contribution in [1.82, 2.24) is 0 Å². The molecule has 1 aromatic carbocycles. The minimum absolute atomic E-state index is 0.420. The van der Waals surface area contributed by atoms with E-state index in [0.29, 0.717) is 5.92 Å². The van der Waals surface area contributed by atoms with Gasteiger partial charge < -0.3 is 9.84 Å². The molecule has 1 aromatic rings. The Morgan fingerprint density at radius 3 is 2.58 bits per heavy atom. The van der Waals surface area contributed by atoms with Gasteiger partial charge in [0.25, 0.3) is 0 Å². The van der Waals surface area contributed by atoms with Crippen LogP contribution in [0.3, 0.4) is 0 Å². The van der Waals surface area contributed by atoms with Gasteiger partial charge in [0.05, 0.1) is 13.2 Å². The molecule has 1 N–H and O–H groups in total. The van der Waals surface area contributed by atoms with Gasteiger partial charge in [0.15, 0.2) is 0 Å². The number of hydrogen-bond donors (Lipinski definition) is 1. The first-order valence-corrected chi connectivity index (χ1v) is 7.44. The van der Waals surface area contributed by atoms with Crippen LogP contribution in [-0.4, -0.2) is 12.2 Å². The van der Waals surface area contributed by atoms with Crippen molar-refractivity contribution < 1.29 is 9.84 Å².